The van der Waals surface area contributed by atoms with Crippen LogP contribution in [0, 0.1) is 0 Å². The minimum atomic E-state index is -0.564. The lowest BCUT2D eigenvalue weighted by Crippen LogP contribution is -2.32. The van der Waals surface area contributed by atoms with E-state index in [-0.39, 0.29) is 12.4 Å². The molecule has 1 aromatic carbocycles. The zero-order valence-corrected chi connectivity index (χ0v) is 13.9. The van der Waals surface area contributed by atoms with E-state index in [4.69, 9.17) is 16.3 Å². The lowest BCUT2D eigenvalue weighted by atomic mass is 10.0. The highest BCUT2D eigenvalue weighted by Gasteiger charge is 2.16. The number of aromatic nitrogens is 2. The van der Waals surface area contributed by atoms with Crippen molar-refractivity contribution in [3.8, 4) is 17.1 Å². The Labute approximate surface area is 139 Å². The average molecular weight is 336 g/mol. The third kappa shape index (κ3) is 5.10. The van der Waals surface area contributed by atoms with Gasteiger partial charge in [-0.15, -0.1) is 0 Å². The van der Waals surface area contributed by atoms with Gasteiger partial charge in [-0.1, -0.05) is 17.7 Å². The molecule has 0 saturated heterocycles. The maximum atomic E-state index is 11.8. The van der Waals surface area contributed by atoms with E-state index in [1.807, 2.05) is 0 Å². The number of ether oxygens (including phenoxy) is 1. The van der Waals surface area contributed by atoms with Gasteiger partial charge in [0, 0.05) is 23.2 Å². The van der Waals surface area contributed by atoms with Crippen LogP contribution in [-0.4, -0.2) is 26.8 Å². The first kappa shape index (κ1) is 17.0. The van der Waals surface area contributed by atoms with Crippen LogP contribution in [0.3, 0.4) is 0 Å². The summed E-state index contributed by atoms with van der Waals surface area (Å²) in [5.74, 6) is -0.138. The van der Waals surface area contributed by atoms with Gasteiger partial charge in [0.15, 0.2) is 0 Å². The van der Waals surface area contributed by atoms with Crippen molar-refractivity contribution in [2.24, 2.45) is 0 Å². The molecule has 0 aliphatic rings. The van der Waals surface area contributed by atoms with Crippen LogP contribution >= 0.6 is 11.6 Å². The summed E-state index contributed by atoms with van der Waals surface area (Å²) in [6.45, 7) is 5.63. The Balaban J connectivity index is 2.21. The molecule has 1 aromatic heterocycles. The molecule has 0 bridgehead atoms. The Morgan fingerprint density at radius 1 is 1.30 bits per heavy atom. The van der Waals surface area contributed by atoms with Gasteiger partial charge in [-0.2, -0.15) is 0 Å². The molecule has 2 N–H and O–H groups in total. The van der Waals surface area contributed by atoms with Crippen LogP contribution in [0.15, 0.2) is 30.6 Å². The highest BCUT2D eigenvalue weighted by atomic mass is 35.5. The second-order valence-corrected chi connectivity index (χ2v) is 6.35. The van der Waals surface area contributed by atoms with Crippen LogP contribution in [0.1, 0.15) is 26.3 Å². The third-order valence-corrected chi connectivity index (χ3v) is 3.06. The van der Waals surface area contributed by atoms with E-state index in [9.17, 15) is 9.90 Å². The fraction of sp³-hybridized carbons (Fsp3) is 0.312. The zero-order chi connectivity index (χ0) is 17.0. The van der Waals surface area contributed by atoms with Crippen LogP contribution in [0.2, 0.25) is 5.02 Å². The number of aromatic hydroxyl groups is 1. The van der Waals surface area contributed by atoms with Gasteiger partial charge in [0.1, 0.15) is 11.9 Å². The van der Waals surface area contributed by atoms with Gasteiger partial charge in [-0.25, -0.2) is 14.8 Å². The van der Waals surface area contributed by atoms with Crippen molar-refractivity contribution >= 4 is 17.7 Å². The molecule has 23 heavy (non-hydrogen) atoms. The first-order valence-electron chi connectivity index (χ1n) is 7.01. The molecule has 7 heteroatoms. The molecular formula is C16H18ClN3O3. The van der Waals surface area contributed by atoms with Crippen molar-refractivity contribution in [3.05, 3.63) is 41.2 Å². The van der Waals surface area contributed by atoms with E-state index in [1.54, 1.807) is 39.0 Å². The summed E-state index contributed by atoms with van der Waals surface area (Å²) in [5.41, 5.74) is 1.44. The molecule has 1 amide bonds. The summed E-state index contributed by atoms with van der Waals surface area (Å²) in [6.07, 6.45) is 0.750. The number of carbonyl (C=O) groups is 1. The van der Waals surface area contributed by atoms with Crippen molar-refractivity contribution in [2.75, 3.05) is 0 Å². The number of benzene rings is 1. The zero-order valence-electron chi connectivity index (χ0n) is 13.1. The molecule has 0 radical (unpaired) electrons. The first-order chi connectivity index (χ1) is 10.7. The van der Waals surface area contributed by atoms with Crippen LogP contribution < -0.4 is 5.32 Å². The molecular weight excluding hydrogens is 318 g/mol. The predicted octanol–water partition coefficient (Wildman–Crippen LogP) is 3.53. The molecule has 122 valence electrons. The summed E-state index contributed by atoms with van der Waals surface area (Å²) in [6, 6.07) is 6.66. The van der Waals surface area contributed by atoms with E-state index in [0.29, 0.717) is 16.3 Å². The smallest absolute Gasteiger partial charge is 0.407 e. The number of rotatable bonds is 3. The quantitative estimate of drug-likeness (QED) is 0.896. The van der Waals surface area contributed by atoms with Crippen molar-refractivity contribution in [2.45, 2.75) is 32.9 Å². The lowest BCUT2D eigenvalue weighted by molar-refractivity contribution is 0.0523. The molecule has 1 heterocycles. The number of amides is 1. The molecule has 0 saturated carbocycles. The van der Waals surface area contributed by atoms with Gasteiger partial charge in [0.2, 0.25) is 5.88 Å². The molecule has 0 fully saturated rings. The highest BCUT2D eigenvalue weighted by molar-refractivity contribution is 6.30. The number of nitrogens with one attached hydrogen (secondary N) is 1. The maximum absolute atomic E-state index is 11.8. The van der Waals surface area contributed by atoms with Gasteiger partial charge < -0.3 is 15.2 Å². The minimum Gasteiger partial charge on any atom is -0.493 e. The van der Waals surface area contributed by atoms with E-state index in [0.717, 1.165) is 5.56 Å². The second-order valence-electron chi connectivity index (χ2n) is 5.92. The number of hydrogen-bond acceptors (Lipinski definition) is 5. The topological polar surface area (TPSA) is 84.3 Å². The number of hydrogen-bond donors (Lipinski definition) is 2. The third-order valence-electron chi connectivity index (χ3n) is 2.82. The van der Waals surface area contributed by atoms with Crippen LogP contribution in [0.4, 0.5) is 4.79 Å². The van der Waals surface area contributed by atoms with Crippen molar-refractivity contribution in [3.63, 3.8) is 0 Å². The molecule has 0 atom stereocenters. The second kappa shape index (κ2) is 6.83. The molecule has 0 spiro atoms. The fourth-order valence-electron chi connectivity index (χ4n) is 1.92. The van der Waals surface area contributed by atoms with Gasteiger partial charge >= 0.3 is 6.09 Å². The predicted molar refractivity (Wildman–Crippen MR) is 87.2 cm³/mol. The van der Waals surface area contributed by atoms with E-state index < -0.39 is 11.7 Å². The Hall–Kier alpha value is -2.34. The summed E-state index contributed by atoms with van der Waals surface area (Å²) in [5, 5.41) is 12.7. The maximum Gasteiger partial charge on any atom is 0.407 e. The molecule has 2 aromatic rings. The highest BCUT2D eigenvalue weighted by Crippen LogP contribution is 2.27. The Morgan fingerprint density at radius 3 is 2.70 bits per heavy atom. The van der Waals surface area contributed by atoms with Gasteiger partial charge in [0.05, 0.1) is 5.69 Å². The van der Waals surface area contributed by atoms with Crippen LogP contribution in [0.5, 0.6) is 5.88 Å². The summed E-state index contributed by atoms with van der Waals surface area (Å²) >= 11 is 6.04. The average Bonchev–Trinajstić information content (AvgIpc) is 2.44. The SMILES string of the molecule is CC(C)(C)OC(=O)NCc1ccc(Cl)cc1-c1cc(O)ncn1. The lowest BCUT2D eigenvalue weighted by Gasteiger charge is -2.20. The summed E-state index contributed by atoms with van der Waals surface area (Å²) < 4.78 is 5.21. The molecule has 6 nitrogen and oxygen atoms in total. The number of halogens is 1. The monoisotopic (exact) mass is 335 g/mol. The number of alkyl carbamates (subject to hydrolysis) is 1. The normalized spacial score (nSPS) is 11.1. The van der Waals surface area contributed by atoms with Crippen LogP contribution in [-0.2, 0) is 11.3 Å². The summed E-state index contributed by atoms with van der Waals surface area (Å²) in [4.78, 5) is 19.6. The first-order valence-corrected chi connectivity index (χ1v) is 7.39. The fourth-order valence-corrected chi connectivity index (χ4v) is 2.09. The largest absolute Gasteiger partial charge is 0.493 e. The van der Waals surface area contributed by atoms with Gasteiger partial charge in [-0.3, -0.25) is 0 Å². The molecule has 2 rings (SSSR count). The standard InChI is InChI=1S/C16H18ClN3O3/c1-16(2,3)23-15(22)18-8-10-4-5-11(17)6-12(10)13-7-14(21)20-9-19-13/h4-7,9H,8H2,1-3H3,(H,18,22)(H,19,20,21). The van der Waals surface area contributed by atoms with Crippen molar-refractivity contribution in [1.29, 1.82) is 0 Å². The van der Waals surface area contributed by atoms with E-state index >= 15 is 0 Å². The van der Waals surface area contributed by atoms with E-state index in [2.05, 4.69) is 15.3 Å². The minimum absolute atomic E-state index is 0.138. The Kier molecular flexibility index (Phi) is 5.05. The molecule has 0 unspecified atom stereocenters. The molecule has 0 aliphatic carbocycles. The van der Waals surface area contributed by atoms with Gasteiger partial charge in [0.25, 0.3) is 0 Å². The van der Waals surface area contributed by atoms with Gasteiger partial charge in [-0.05, 0) is 38.5 Å². The van der Waals surface area contributed by atoms with Crippen molar-refractivity contribution in [1.82, 2.24) is 15.3 Å². The Bertz CT molecular complexity index is 714. The van der Waals surface area contributed by atoms with E-state index in [1.165, 1.54) is 12.4 Å². The van der Waals surface area contributed by atoms with Crippen LogP contribution in [0.25, 0.3) is 11.3 Å². The number of carbonyl (C=O) groups excluding carboxylic acids is 1. The molecule has 0 aliphatic heterocycles. The van der Waals surface area contributed by atoms with Crippen molar-refractivity contribution < 1.29 is 14.6 Å². The Morgan fingerprint density at radius 2 is 2.04 bits per heavy atom. The summed E-state index contributed by atoms with van der Waals surface area (Å²) in [7, 11) is 0. The number of nitrogens with zero attached hydrogens (tertiary/aromatic N) is 2.